The highest BCUT2D eigenvalue weighted by atomic mass is 19.4. The number of aliphatic carboxylic acids is 1. The second kappa shape index (κ2) is 9.70. The number of aldehydes is 1. The van der Waals surface area contributed by atoms with Crippen molar-refractivity contribution in [2.45, 2.75) is 45.2 Å². The van der Waals surface area contributed by atoms with Gasteiger partial charge in [0.15, 0.2) is 0 Å². The van der Waals surface area contributed by atoms with Gasteiger partial charge in [0.2, 0.25) is 5.82 Å². The summed E-state index contributed by atoms with van der Waals surface area (Å²) < 4.78 is 39.4. The number of hydrogen-bond acceptors (Lipinski definition) is 6. The molecule has 1 aromatic rings. The van der Waals surface area contributed by atoms with Crippen LogP contribution >= 0.6 is 0 Å². The zero-order chi connectivity index (χ0) is 20.7. The first-order chi connectivity index (χ1) is 13.2. The maximum Gasteiger partial charge on any atom is 0.451 e. The molecule has 2 aliphatic rings. The molecule has 3 heterocycles. The minimum atomic E-state index is -4.57. The SMILES string of the molecule is CC=O.O=C(O)CCC1CCN(c2cc(N3CCC3)nc(C(F)(F)F)n2)CC1. The molecule has 0 aromatic carbocycles. The molecule has 28 heavy (non-hydrogen) atoms. The Hall–Kier alpha value is -2.39. The molecule has 10 heteroatoms. The van der Waals surface area contributed by atoms with E-state index in [1.54, 1.807) is 6.07 Å². The van der Waals surface area contributed by atoms with Gasteiger partial charge in [0, 0.05) is 38.7 Å². The average molecular weight is 402 g/mol. The van der Waals surface area contributed by atoms with Gasteiger partial charge in [-0.15, -0.1) is 0 Å². The number of anilines is 2. The zero-order valence-corrected chi connectivity index (χ0v) is 15.8. The number of aromatic nitrogens is 2. The number of carboxylic acids is 1. The fraction of sp³-hybridized carbons (Fsp3) is 0.667. The second-order valence-corrected chi connectivity index (χ2v) is 6.84. The molecule has 2 fully saturated rings. The molecular weight excluding hydrogens is 377 g/mol. The highest BCUT2D eigenvalue weighted by Crippen LogP contribution is 2.33. The summed E-state index contributed by atoms with van der Waals surface area (Å²) in [7, 11) is 0. The third kappa shape index (κ3) is 6.07. The van der Waals surface area contributed by atoms with Crippen molar-refractivity contribution in [3.05, 3.63) is 11.9 Å². The summed E-state index contributed by atoms with van der Waals surface area (Å²) in [6.45, 7) is 4.03. The zero-order valence-electron chi connectivity index (χ0n) is 15.8. The van der Waals surface area contributed by atoms with Crippen LogP contribution in [0.25, 0.3) is 0 Å². The standard InChI is InChI=1S/C16H21F3N4O2.C2H4O/c17-16(18,19)15-20-12(22-6-1-7-22)10-13(21-15)23-8-4-11(5-9-23)2-3-14(24)25;1-2-3/h10-11H,1-9H2,(H,24,25);2H,1H3. The van der Waals surface area contributed by atoms with Crippen LogP contribution in [0.3, 0.4) is 0 Å². The van der Waals surface area contributed by atoms with Crippen molar-refractivity contribution in [1.82, 2.24) is 9.97 Å². The van der Waals surface area contributed by atoms with Gasteiger partial charge in [-0.3, -0.25) is 4.79 Å². The molecular formula is C18H25F3N4O3. The lowest BCUT2D eigenvalue weighted by Crippen LogP contribution is -2.39. The number of piperidine rings is 1. The molecule has 0 atom stereocenters. The monoisotopic (exact) mass is 402 g/mol. The predicted molar refractivity (Wildman–Crippen MR) is 97.4 cm³/mol. The van der Waals surface area contributed by atoms with Crippen LogP contribution in [0, 0.1) is 5.92 Å². The lowest BCUT2D eigenvalue weighted by Gasteiger charge is -2.35. The van der Waals surface area contributed by atoms with Crippen molar-refractivity contribution in [3.8, 4) is 0 Å². The molecule has 0 spiro atoms. The van der Waals surface area contributed by atoms with Gasteiger partial charge in [-0.1, -0.05) is 0 Å². The van der Waals surface area contributed by atoms with Crippen molar-refractivity contribution >= 4 is 23.9 Å². The van der Waals surface area contributed by atoms with E-state index in [1.807, 2.05) is 9.80 Å². The molecule has 3 rings (SSSR count). The Balaban J connectivity index is 0.000000878. The number of hydrogen-bond donors (Lipinski definition) is 1. The first-order valence-corrected chi connectivity index (χ1v) is 9.32. The Kier molecular flexibility index (Phi) is 7.59. The molecule has 1 N–H and O–H groups in total. The molecule has 0 aliphatic carbocycles. The summed E-state index contributed by atoms with van der Waals surface area (Å²) in [6, 6.07) is 1.63. The van der Waals surface area contributed by atoms with E-state index in [1.165, 1.54) is 6.92 Å². The van der Waals surface area contributed by atoms with Crippen LogP contribution in [-0.2, 0) is 15.8 Å². The van der Waals surface area contributed by atoms with E-state index in [4.69, 9.17) is 9.90 Å². The van der Waals surface area contributed by atoms with Gasteiger partial charge in [0.05, 0.1) is 0 Å². The third-order valence-electron chi connectivity index (χ3n) is 4.84. The Morgan fingerprint density at radius 2 is 1.68 bits per heavy atom. The van der Waals surface area contributed by atoms with Crippen LogP contribution in [0.1, 0.15) is 44.9 Å². The fourth-order valence-electron chi connectivity index (χ4n) is 3.20. The van der Waals surface area contributed by atoms with Gasteiger partial charge < -0.3 is 19.7 Å². The molecule has 156 valence electrons. The first-order valence-electron chi connectivity index (χ1n) is 9.32. The number of carbonyl (C=O) groups excluding carboxylic acids is 1. The van der Waals surface area contributed by atoms with Crippen molar-refractivity contribution < 1.29 is 27.9 Å². The molecule has 0 bridgehead atoms. The maximum atomic E-state index is 13.1. The first kappa shape index (κ1) is 21.9. The molecule has 7 nitrogen and oxygen atoms in total. The summed E-state index contributed by atoms with van der Waals surface area (Å²) in [4.78, 5) is 30.5. The number of alkyl halides is 3. The summed E-state index contributed by atoms with van der Waals surface area (Å²) in [5, 5.41) is 8.75. The van der Waals surface area contributed by atoms with E-state index < -0.39 is 18.0 Å². The van der Waals surface area contributed by atoms with Gasteiger partial charge in [0.1, 0.15) is 17.9 Å². The van der Waals surface area contributed by atoms with Crippen LogP contribution in [0.15, 0.2) is 6.07 Å². The summed E-state index contributed by atoms with van der Waals surface area (Å²) in [5.74, 6) is -0.976. The highest BCUT2D eigenvalue weighted by Gasteiger charge is 2.37. The Morgan fingerprint density at radius 3 is 2.07 bits per heavy atom. The van der Waals surface area contributed by atoms with Crippen molar-refractivity contribution in [3.63, 3.8) is 0 Å². The summed E-state index contributed by atoms with van der Waals surface area (Å²) >= 11 is 0. The Labute approximate surface area is 161 Å². The van der Waals surface area contributed by atoms with Crippen molar-refractivity contribution in [1.29, 1.82) is 0 Å². The topological polar surface area (TPSA) is 86.6 Å². The van der Waals surface area contributed by atoms with E-state index in [2.05, 4.69) is 9.97 Å². The van der Waals surface area contributed by atoms with E-state index >= 15 is 0 Å². The van der Waals surface area contributed by atoms with Crippen LogP contribution in [0.2, 0.25) is 0 Å². The summed E-state index contributed by atoms with van der Waals surface area (Å²) in [6.07, 6.45) is -0.601. The minimum absolute atomic E-state index is 0.134. The summed E-state index contributed by atoms with van der Waals surface area (Å²) in [5.41, 5.74) is 0. The van der Waals surface area contributed by atoms with Gasteiger partial charge >= 0.3 is 12.1 Å². The molecule has 2 aliphatic heterocycles. The van der Waals surface area contributed by atoms with Gasteiger partial charge in [-0.05, 0) is 38.5 Å². The quantitative estimate of drug-likeness (QED) is 0.758. The van der Waals surface area contributed by atoms with Gasteiger partial charge in [-0.2, -0.15) is 13.2 Å². The molecule has 0 amide bonds. The molecule has 0 saturated carbocycles. The van der Waals surface area contributed by atoms with Crippen molar-refractivity contribution in [2.24, 2.45) is 5.92 Å². The molecule has 2 saturated heterocycles. The highest BCUT2D eigenvalue weighted by molar-refractivity contribution is 5.66. The van der Waals surface area contributed by atoms with E-state index in [0.717, 1.165) is 25.5 Å². The minimum Gasteiger partial charge on any atom is -0.481 e. The third-order valence-corrected chi connectivity index (χ3v) is 4.84. The fourth-order valence-corrected chi connectivity index (χ4v) is 3.20. The number of halogens is 3. The van der Waals surface area contributed by atoms with E-state index in [9.17, 15) is 18.0 Å². The van der Waals surface area contributed by atoms with Crippen molar-refractivity contribution in [2.75, 3.05) is 36.0 Å². The largest absolute Gasteiger partial charge is 0.481 e. The molecule has 0 radical (unpaired) electrons. The van der Waals surface area contributed by atoms with Crippen LogP contribution < -0.4 is 9.80 Å². The Morgan fingerprint density at radius 1 is 1.18 bits per heavy atom. The van der Waals surface area contributed by atoms with Crippen LogP contribution in [-0.4, -0.2) is 53.5 Å². The molecule has 0 unspecified atom stereocenters. The smallest absolute Gasteiger partial charge is 0.451 e. The van der Waals surface area contributed by atoms with Gasteiger partial charge in [-0.25, -0.2) is 9.97 Å². The van der Waals surface area contributed by atoms with Crippen LogP contribution in [0.5, 0.6) is 0 Å². The van der Waals surface area contributed by atoms with E-state index in [0.29, 0.717) is 50.2 Å². The van der Waals surface area contributed by atoms with Gasteiger partial charge in [0.25, 0.3) is 0 Å². The normalized spacial score (nSPS) is 17.4. The lowest BCUT2D eigenvalue weighted by molar-refractivity contribution is -0.144. The second-order valence-electron chi connectivity index (χ2n) is 6.84. The average Bonchev–Trinajstić information content (AvgIpc) is 2.58. The lowest BCUT2D eigenvalue weighted by atomic mass is 9.92. The number of rotatable bonds is 5. The number of nitrogens with zero attached hydrogens (tertiary/aromatic N) is 4. The van der Waals surface area contributed by atoms with Crippen LogP contribution in [0.4, 0.5) is 24.8 Å². The number of carboxylic acid groups (broad SMARTS) is 1. The maximum absolute atomic E-state index is 13.1. The molecule has 1 aromatic heterocycles. The number of carbonyl (C=O) groups is 2. The predicted octanol–water partition coefficient (Wildman–Crippen LogP) is 2.99. The Bertz CT molecular complexity index is 673. The van der Waals surface area contributed by atoms with E-state index in [-0.39, 0.29) is 6.42 Å².